The van der Waals surface area contributed by atoms with Gasteiger partial charge in [0.25, 0.3) is 0 Å². The zero-order valence-corrected chi connectivity index (χ0v) is 34.6. The van der Waals surface area contributed by atoms with Gasteiger partial charge in [-0.05, 0) is 83.5 Å². The number of carbonyl (C=O) groups is 2. The highest BCUT2D eigenvalue weighted by Gasteiger charge is 2.44. The summed E-state index contributed by atoms with van der Waals surface area (Å²) in [7, 11) is 0. The molecule has 0 spiro atoms. The van der Waals surface area contributed by atoms with E-state index in [1.807, 2.05) is 0 Å². The predicted octanol–water partition coefficient (Wildman–Crippen LogP) is 8.83. The van der Waals surface area contributed by atoms with E-state index in [0.29, 0.717) is 12.8 Å². The van der Waals surface area contributed by atoms with Gasteiger partial charge in [-0.25, -0.2) is 0 Å². The second kappa shape index (κ2) is 36.5. The van der Waals surface area contributed by atoms with Crippen LogP contribution < -0.4 is 0 Å². The Morgan fingerprint density at radius 3 is 1.62 bits per heavy atom. The van der Waals surface area contributed by atoms with Crippen LogP contribution >= 0.6 is 0 Å². The van der Waals surface area contributed by atoms with Gasteiger partial charge in [0, 0.05) is 12.8 Å². The number of aliphatic hydroxyl groups excluding tert-OH is 4. The Hall–Kier alpha value is -2.86. The molecule has 56 heavy (non-hydrogen) atoms. The summed E-state index contributed by atoms with van der Waals surface area (Å²) < 4.78 is 22.1. The minimum absolute atomic E-state index is 0.171. The summed E-state index contributed by atoms with van der Waals surface area (Å²) in [5, 5.41) is 40.0. The second-order valence-electron chi connectivity index (χ2n) is 14.4. The third kappa shape index (κ3) is 27.7. The van der Waals surface area contributed by atoms with Gasteiger partial charge in [-0.15, -0.1) is 0 Å². The van der Waals surface area contributed by atoms with Crippen LogP contribution in [0.25, 0.3) is 0 Å². The lowest BCUT2D eigenvalue weighted by molar-refractivity contribution is -0.305. The summed E-state index contributed by atoms with van der Waals surface area (Å²) in [5.41, 5.74) is 0. The van der Waals surface area contributed by atoms with Crippen LogP contribution in [0.15, 0.2) is 72.9 Å². The SMILES string of the molecule is CC/C=C\C/C=C\C/C=C\C/C=C\CCCCC(=O)OC(COC(=O)CCCCCCC/C=C\C/C=C\CCCCCC)COC1OC(CO)C(O)C(O)C1O. The summed E-state index contributed by atoms with van der Waals surface area (Å²) in [4.78, 5) is 25.3. The van der Waals surface area contributed by atoms with Gasteiger partial charge in [0.2, 0.25) is 0 Å². The quantitative estimate of drug-likeness (QED) is 0.0283. The molecule has 1 fully saturated rings. The Kier molecular flexibility index (Phi) is 33.3. The van der Waals surface area contributed by atoms with Crippen LogP contribution in [0, 0.1) is 0 Å². The van der Waals surface area contributed by atoms with Crippen molar-refractivity contribution in [2.24, 2.45) is 0 Å². The molecule has 0 aromatic heterocycles. The van der Waals surface area contributed by atoms with Gasteiger partial charge in [0.15, 0.2) is 12.4 Å². The van der Waals surface area contributed by atoms with E-state index in [9.17, 15) is 30.0 Å². The van der Waals surface area contributed by atoms with Crippen molar-refractivity contribution in [3.63, 3.8) is 0 Å². The number of rotatable bonds is 34. The first-order chi connectivity index (χ1) is 27.3. The van der Waals surface area contributed by atoms with Gasteiger partial charge >= 0.3 is 11.9 Å². The van der Waals surface area contributed by atoms with Gasteiger partial charge in [0.05, 0.1) is 13.2 Å². The molecule has 0 aliphatic carbocycles. The number of allylic oxidation sites excluding steroid dienone is 12. The van der Waals surface area contributed by atoms with Gasteiger partial charge in [-0.2, -0.15) is 0 Å². The number of hydrogen-bond donors (Lipinski definition) is 4. The lowest BCUT2D eigenvalue weighted by Gasteiger charge is -2.39. The summed E-state index contributed by atoms with van der Waals surface area (Å²) in [6.45, 7) is 3.21. The third-order valence-electron chi connectivity index (χ3n) is 9.33. The number of hydrogen-bond acceptors (Lipinski definition) is 10. The fraction of sp³-hybridized carbons (Fsp3) is 0.696. The van der Waals surface area contributed by atoms with Crippen LogP contribution in [0.2, 0.25) is 0 Å². The van der Waals surface area contributed by atoms with E-state index < -0.39 is 55.4 Å². The van der Waals surface area contributed by atoms with E-state index in [0.717, 1.165) is 77.0 Å². The number of unbranched alkanes of at least 4 members (excludes halogenated alkanes) is 11. The van der Waals surface area contributed by atoms with Crippen molar-refractivity contribution in [1.29, 1.82) is 0 Å². The van der Waals surface area contributed by atoms with Crippen LogP contribution in [0.4, 0.5) is 0 Å². The molecular weight excluding hydrogens is 712 g/mol. The maximum Gasteiger partial charge on any atom is 0.306 e. The first kappa shape index (κ1) is 51.2. The van der Waals surface area contributed by atoms with E-state index in [1.165, 1.54) is 32.1 Å². The Morgan fingerprint density at radius 1 is 0.571 bits per heavy atom. The molecule has 1 rings (SSSR count). The van der Waals surface area contributed by atoms with E-state index >= 15 is 0 Å². The molecule has 10 heteroatoms. The number of carbonyl (C=O) groups excluding carboxylic acids is 2. The van der Waals surface area contributed by atoms with Crippen molar-refractivity contribution < 1.29 is 49.0 Å². The highest BCUT2D eigenvalue weighted by molar-refractivity contribution is 5.70. The number of aliphatic hydroxyl groups is 4. The number of ether oxygens (including phenoxy) is 4. The maximum atomic E-state index is 12.7. The molecule has 0 amide bonds. The smallest absolute Gasteiger partial charge is 0.306 e. The van der Waals surface area contributed by atoms with Crippen LogP contribution in [-0.4, -0.2) is 89.0 Å². The minimum Gasteiger partial charge on any atom is -0.462 e. The van der Waals surface area contributed by atoms with Crippen LogP contribution in [0.3, 0.4) is 0 Å². The zero-order chi connectivity index (χ0) is 40.9. The molecule has 1 saturated heterocycles. The van der Waals surface area contributed by atoms with E-state index in [4.69, 9.17) is 18.9 Å². The number of esters is 2. The highest BCUT2D eigenvalue weighted by atomic mass is 16.7. The topological polar surface area (TPSA) is 152 Å². The van der Waals surface area contributed by atoms with E-state index in [1.54, 1.807) is 0 Å². The summed E-state index contributed by atoms with van der Waals surface area (Å²) >= 11 is 0. The Bertz CT molecular complexity index is 1140. The average molecular weight is 789 g/mol. The molecule has 0 bridgehead atoms. The third-order valence-corrected chi connectivity index (χ3v) is 9.33. The van der Waals surface area contributed by atoms with Crippen molar-refractivity contribution >= 4 is 11.9 Å². The molecule has 1 aliphatic rings. The van der Waals surface area contributed by atoms with Gasteiger partial charge in [0.1, 0.15) is 31.0 Å². The molecule has 6 unspecified atom stereocenters. The molecule has 10 nitrogen and oxygen atoms in total. The molecule has 0 radical (unpaired) electrons. The van der Waals surface area contributed by atoms with Gasteiger partial charge < -0.3 is 39.4 Å². The molecular formula is C46H76O10. The Balaban J connectivity index is 2.40. The second-order valence-corrected chi connectivity index (χ2v) is 14.4. The van der Waals surface area contributed by atoms with E-state index in [2.05, 4.69) is 86.8 Å². The molecule has 6 atom stereocenters. The monoisotopic (exact) mass is 789 g/mol. The van der Waals surface area contributed by atoms with Crippen molar-refractivity contribution in [2.45, 2.75) is 185 Å². The summed E-state index contributed by atoms with van der Waals surface area (Å²) in [6, 6.07) is 0. The normalized spacial score (nSPS) is 21.1. The van der Waals surface area contributed by atoms with E-state index in [-0.39, 0.29) is 26.1 Å². The zero-order valence-electron chi connectivity index (χ0n) is 34.6. The van der Waals surface area contributed by atoms with Gasteiger partial charge in [-0.3, -0.25) is 9.59 Å². The molecule has 1 aliphatic heterocycles. The predicted molar refractivity (Wildman–Crippen MR) is 224 cm³/mol. The molecule has 0 aromatic carbocycles. The van der Waals surface area contributed by atoms with Crippen LogP contribution in [0.1, 0.15) is 149 Å². The van der Waals surface area contributed by atoms with Crippen LogP contribution in [0.5, 0.6) is 0 Å². The fourth-order valence-corrected chi connectivity index (χ4v) is 5.91. The summed E-state index contributed by atoms with van der Waals surface area (Å²) in [5.74, 6) is -0.879. The first-order valence-corrected chi connectivity index (χ1v) is 21.5. The summed E-state index contributed by atoms with van der Waals surface area (Å²) in [6.07, 6.45) is 37.6. The average Bonchev–Trinajstić information content (AvgIpc) is 3.19. The van der Waals surface area contributed by atoms with Crippen molar-refractivity contribution in [1.82, 2.24) is 0 Å². The lowest BCUT2D eigenvalue weighted by atomic mass is 9.99. The van der Waals surface area contributed by atoms with Crippen molar-refractivity contribution in [3.05, 3.63) is 72.9 Å². The molecule has 0 aromatic rings. The van der Waals surface area contributed by atoms with Crippen molar-refractivity contribution in [2.75, 3.05) is 19.8 Å². The first-order valence-electron chi connectivity index (χ1n) is 21.5. The Labute approximate surface area is 338 Å². The largest absolute Gasteiger partial charge is 0.462 e. The molecule has 320 valence electrons. The van der Waals surface area contributed by atoms with Gasteiger partial charge in [-0.1, -0.05) is 125 Å². The molecule has 1 heterocycles. The standard InChI is InChI=1S/C46H76O10/c1-3-5-7-9-11-13-15-17-19-21-22-24-26-28-30-32-34-41(48)53-37-39(38-54-46-45(52)44(51)43(50)40(36-47)56-46)55-42(49)35-33-31-29-27-25-23-20-18-16-14-12-10-8-6-4-2/h6,8,12-15,18-21,25,27,39-40,43-47,50-52H,3-5,7,9-11,16-17,22-24,26,28-38H2,1-2H3/b8-6-,14-12-,15-13-,20-18-,21-19-,27-25-. The van der Waals surface area contributed by atoms with Crippen molar-refractivity contribution in [3.8, 4) is 0 Å². The fourth-order valence-electron chi connectivity index (χ4n) is 5.91. The highest BCUT2D eigenvalue weighted by Crippen LogP contribution is 2.22. The molecule has 4 N–H and O–H groups in total. The molecule has 0 saturated carbocycles. The van der Waals surface area contributed by atoms with Crippen LogP contribution in [-0.2, 0) is 28.5 Å². The Morgan fingerprint density at radius 2 is 1.05 bits per heavy atom. The minimum atomic E-state index is -1.61. The maximum absolute atomic E-state index is 12.7. The lowest BCUT2D eigenvalue weighted by Crippen LogP contribution is -2.59.